The molecule has 0 aliphatic carbocycles. The van der Waals surface area contributed by atoms with Crippen LogP contribution in [-0.2, 0) is 19.1 Å². The van der Waals surface area contributed by atoms with Crippen LogP contribution >= 0.6 is 11.6 Å². The molecule has 0 spiro atoms. The van der Waals surface area contributed by atoms with Gasteiger partial charge in [-0.3, -0.25) is 4.79 Å². The van der Waals surface area contributed by atoms with Crippen LogP contribution in [0.25, 0.3) is 0 Å². The van der Waals surface area contributed by atoms with Crippen LogP contribution in [0, 0.1) is 0 Å². The van der Waals surface area contributed by atoms with E-state index in [0.29, 0.717) is 19.4 Å². The number of alkyl halides is 1. The molecule has 0 aliphatic heterocycles. The van der Waals surface area contributed by atoms with Crippen LogP contribution in [0.5, 0.6) is 0 Å². The van der Waals surface area contributed by atoms with Crippen molar-refractivity contribution in [2.45, 2.75) is 52.6 Å². The van der Waals surface area contributed by atoms with Crippen molar-refractivity contribution in [1.82, 2.24) is 4.90 Å². The Kier molecular flexibility index (Phi) is 9.01. The SMILES string of the molecule is CC(=O)CCCN(CCC(=O)OC(C)(C)C)C(=O)OCCl. The van der Waals surface area contributed by atoms with Crippen molar-refractivity contribution in [3.05, 3.63) is 0 Å². The lowest BCUT2D eigenvalue weighted by atomic mass is 10.2. The first-order chi connectivity index (χ1) is 9.65. The maximum absolute atomic E-state index is 11.7. The summed E-state index contributed by atoms with van der Waals surface area (Å²) < 4.78 is 9.88. The summed E-state index contributed by atoms with van der Waals surface area (Å²) >= 11 is 5.36. The molecular weight excluding hydrogens is 298 g/mol. The van der Waals surface area contributed by atoms with E-state index in [-0.39, 0.29) is 24.8 Å². The Hall–Kier alpha value is -1.30. The van der Waals surface area contributed by atoms with Crippen molar-refractivity contribution in [3.8, 4) is 0 Å². The third-order valence-corrected chi connectivity index (χ3v) is 2.51. The van der Waals surface area contributed by atoms with Gasteiger partial charge in [-0.15, -0.1) is 0 Å². The number of esters is 1. The number of halogens is 1. The van der Waals surface area contributed by atoms with E-state index in [4.69, 9.17) is 21.1 Å². The van der Waals surface area contributed by atoms with Gasteiger partial charge in [0.1, 0.15) is 11.4 Å². The average molecular weight is 322 g/mol. The molecule has 0 unspecified atom stereocenters. The quantitative estimate of drug-likeness (QED) is 0.507. The minimum atomic E-state index is -0.600. The summed E-state index contributed by atoms with van der Waals surface area (Å²) in [6.45, 7) is 7.31. The largest absolute Gasteiger partial charge is 0.460 e. The topological polar surface area (TPSA) is 72.9 Å². The zero-order valence-electron chi connectivity index (χ0n) is 13.1. The number of Topliss-reactive ketones (excluding diaryl/α,β-unsaturated/α-hetero) is 1. The van der Waals surface area contributed by atoms with E-state index in [2.05, 4.69) is 0 Å². The monoisotopic (exact) mass is 321 g/mol. The van der Waals surface area contributed by atoms with Gasteiger partial charge in [-0.2, -0.15) is 0 Å². The van der Waals surface area contributed by atoms with Gasteiger partial charge in [0.2, 0.25) is 0 Å². The predicted octanol–water partition coefficient (Wildman–Crippen LogP) is 2.72. The molecular formula is C14H24ClNO5. The summed E-state index contributed by atoms with van der Waals surface area (Å²) in [5.74, 6) is -0.342. The van der Waals surface area contributed by atoms with Crippen molar-refractivity contribution < 1.29 is 23.9 Å². The highest BCUT2D eigenvalue weighted by Crippen LogP contribution is 2.09. The van der Waals surface area contributed by atoms with E-state index in [1.54, 1.807) is 20.8 Å². The Labute approximate surface area is 130 Å². The Bertz CT molecular complexity index is 365. The minimum absolute atomic E-state index is 0.0489. The lowest BCUT2D eigenvalue weighted by Crippen LogP contribution is -2.35. The second-order valence-electron chi connectivity index (χ2n) is 5.65. The predicted molar refractivity (Wildman–Crippen MR) is 79.2 cm³/mol. The molecule has 21 heavy (non-hydrogen) atoms. The van der Waals surface area contributed by atoms with Gasteiger partial charge >= 0.3 is 12.1 Å². The van der Waals surface area contributed by atoms with E-state index in [9.17, 15) is 14.4 Å². The summed E-state index contributed by atoms with van der Waals surface area (Å²) in [6.07, 6.45) is 0.351. The van der Waals surface area contributed by atoms with Crippen molar-refractivity contribution in [3.63, 3.8) is 0 Å². The minimum Gasteiger partial charge on any atom is -0.460 e. The molecule has 0 atom stereocenters. The number of ketones is 1. The lowest BCUT2D eigenvalue weighted by Gasteiger charge is -2.23. The number of ether oxygens (including phenoxy) is 2. The Morgan fingerprint density at radius 1 is 1.10 bits per heavy atom. The smallest absolute Gasteiger partial charge is 0.410 e. The molecule has 7 heteroatoms. The fraction of sp³-hybridized carbons (Fsp3) is 0.786. The molecule has 0 rings (SSSR count). The number of rotatable bonds is 8. The number of nitrogens with zero attached hydrogens (tertiary/aromatic N) is 1. The molecule has 0 bridgehead atoms. The third kappa shape index (κ3) is 11.1. The second-order valence-corrected chi connectivity index (χ2v) is 5.87. The number of carbonyl (C=O) groups excluding carboxylic acids is 3. The molecule has 0 aromatic heterocycles. The summed E-state index contributed by atoms with van der Waals surface area (Å²) in [5.41, 5.74) is -0.562. The van der Waals surface area contributed by atoms with Gasteiger partial charge in [0.05, 0.1) is 6.42 Å². The number of hydrogen-bond acceptors (Lipinski definition) is 5. The fourth-order valence-corrected chi connectivity index (χ4v) is 1.66. The first-order valence-corrected chi connectivity index (χ1v) is 7.38. The van der Waals surface area contributed by atoms with Crippen LogP contribution in [0.2, 0.25) is 0 Å². The van der Waals surface area contributed by atoms with Gasteiger partial charge in [-0.25, -0.2) is 4.79 Å². The molecule has 0 N–H and O–H groups in total. The van der Waals surface area contributed by atoms with Crippen molar-refractivity contribution >= 4 is 29.4 Å². The summed E-state index contributed by atoms with van der Waals surface area (Å²) in [6, 6.07) is -0.255. The van der Waals surface area contributed by atoms with Crippen LogP contribution in [0.4, 0.5) is 4.79 Å². The van der Waals surface area contributed by atoms with Crippen LogP contribution in [0.3, 0.4) is 0 Å². The Morgan fingerprint density at radius 3 is 2.19 bits per heavy atom. The van der Waals surface area contributed by atoms with Crippen LogP contribution in [0.1, 0.15) is 47.0 Å². The van der Waals surface area contributed by atoms with Crippen molar-refractivity contribution in [2.75, 3.05) is 19.2 Å². The third-order valence-electron chi connectivity index (χ3n) is 2.40. The molecule has 122 valence electrons. The molecule has 0 aromatic rings. The molecule has 0 saturated heterocycles. The summed E-state index contributed by atoms with van der Waals surface area (Å²) in [5, 5.41) is 0. The molecule has 0 fully saturated rings. The first kappa shape index (κ1) is 19.7. The van der Waals surface area contributed by atoms with Gasteiger partial charge < -0.3 is 19.2 Å². The number of amides is 1. The van der Waals surface area contributed by atoms with Gasteiger partial charge in [0, 0.05) is 19.5 Å². The first-order valence-electron chi connectivity index (χ1n) is 6.84. The fourth-order valence-electron chi connectivity index (χ4n) is 1.57. The van der Waals surface area contributed by atoms with E-state index in [1.165, 1.54) is 11.8 Å². The number of carbonyl (C=O) groups is 3. The maximum atomic E-state index is 11.7. The highest BCUT2D eigenvalue weighted by Gasteiger charge is 2.20. The highest BCUT2D eigenvalue weighted by atomic mass is 35.5. The molecule has 6 nitrogen and oxygen atoms in total. The Balaban J connectivity index is 4.36. The van der Waals surface area contributed by atoms with Crippen molar-refractivity contribution in [1.29, 1.82) is 0 Å². The molecule has 0 aromatic carbocycles. The number of hydrogen-bond donors (Lipinski definition) is 0. The average Bonchev–Trinajstić information content (AvgIpc) is 2.31. The molecule has 0 heterocycles. The highest BCUT2D eigenvalue weighted by molar-refractivity contribution is 6.17. The van der Waals surface area contributed by atoms with Crippen LogP contribution in [-0.4, -0.2) is 47.5 Å². The van der Waals surface area contributed by atoms with Gasteiger partial charge in [0.15, 0.2) is 6.07 Å². The second kappa shape index (κ2) is 9.60. The molecule has 0 saturated carbocycles. The van der Waals surface area contributed by atoms with Gasteiger partial charge in [0.25, 0.3) is 0 Å². The standard InChI is InChI=1S/C14H24ClNO5/c1-11(17)6-5-8-16(13(19)20-10-15)9-7-12(18)21-14(2,3)4/h5-10H2,1-4H3. The summed E-state index contributed by atoms with van der Waals surface area (Å²) in [7, 11) is 0. The Morgan fingerprint density at radius 2 is 1.71 bits per heavy atom. The van der Waals surface area contributed by atoms with Gasteiger partial charge in [-0.1, -0.05) is 11.6 Å². The van der Waals surface area contributed by atoms with Crippen LogP contribution < -0.4 is 0 Å². The molecule has 1 amide bonds. The van der Waals surface area contributed by atoms with E-state index < -0.39 is 17.7 Å². The zero-order valence-corrected chi connectivity index (χ0v) is 13.9. The van der Waals surface area contributed by atoms with Crippen molar-refractivity contribution in [2.24, 2.45) is 0 Å². The summed E-state index contributed by atoms with van der Waals surface area (Å²) in [4.78, 5) is 35.6. The van der Waals surface area contributed by atoms with E-state index in [0.717, 1.165) is 0 Å². The maximum Gasteiger partial charge on any atom is 0.410 e. The molecule has 0 radical (unpaired) electrons. The zero-order chi connectivity index (χ0) is 16.5. The normalized spacial score (nSPS) is 10.9. The van der Waals surface area contributed by atoms with Crippen LogP contribution in [0.15, 0.2) is 0 Å². The van der Waals surface area contributed by atoms with E-state index >= 15 is 0 Å². The molecule has 0 aliphatic rings. The van der Waals surface area contributed by atoms with Gasteiger partial charge in [-0.05, 0) is 34.1 Å². The lowest BCUT2D eigenvalue weighted by molar-refractivity contribution is -0.155. The van der Waals surface area contributed by atoms with E-state index in [1.807, 2.05) is 0 Å².